The standard InChI is InChI=1S/C22H26O3/c23-21(12-6-2-5-10-18-8-3-1-4-9-18)20-16-14-19(15-17-20)11-7-13-22(24)25/h1,3-4,8-9,14-17H,2,5-7,10-13H2,(H,24,25). The van der Waals surface area contributed by atoms with Gasteiger partial charge in [0.05, 0.1) is 0 Å². The van der Waals surface area contributed by atoms with Crippen LogP contribution < -0.4 is 0 Å². The Morgan fingerprint density at radius 1 is 0.680 bits per heavy atom. The van der Waals surface area contributed by atoms with Gasteiger partial charge in [0, 0.05) is 18.4 Å². The molecule has 132 valence electrons. The second-order valence-corrected chi connectivity index (χ2v) is 6.41. The van der Waals surface area contributed by atoms with Crippen LogP contribution in [-0.2, 0) is 17.6 Å². The minimum absolute atomic E-state index is 0.184. The normalized spacial score (nSPS) is 10.6. The van der Waals surface area contributed by atoms with Gasteiger partial charge in [-0.15, -0.1) is 0 Å². The minimum atomic E-state index is -0.765. The molecule has 0 unspecified atom stereocenters. The van der Waals surface area contributed by atoms with Gasteiger partial charge in [-0.25, -0.2) is 0 Å². The van der Waals surface area contributed by atoms with Gasteiger partial charge >= 0.3 is 5.97 Å². The van der Waals surface area contributed by atoms with Crippen LogP contribution in [-0.4, -0.2) is 16.9 Å². The maximum atomic E-state index is 12.2. The summed E-state index contributed by atoms with van der Waals surface area (Å²) in [5, 5.41) is 8.65. The summed E-state index contributed by atoms with van der Waals surface area (Å²) >= 11 is 0. The summed E-state index contributed by atoms with van der Waals surface area (Å²) in [5.74, 6) is -0.573. The number of carboxylic acids is 1. The SMILES string of the molecule is O=C(O)CCCc1ccc(C(=O)CCCCCc2ccccc2)cc1. The molecule has 1 N–H and O–H groups in total. The van der Waals surface area contributed by atoms with Gasteiger partial charge in [-0.05, 0) is 43.2 Å². The van der Waals surface area contributed by atoms with Crippen molar-refractivity contribution in [3.05, 3.63) is 71.3 Å². The fourth-order valence-corrected chi connectivity index (χ4v) is 2.88. The lowest BCUT2D eigenvalue weighted by atomic mass is 10.0. The number of carbonyl (C=O) groups is 2. The van der Waals surface area contributed by atoms with Crippen LogP contribution in [0.15, 0.2) is 54.6 Å². The highest BCUT2D eigenvalue weighted by atomic mass is 16.4. The Labute approximate surface area is 149 Å². The van der Waals surface area contributed by atoms with E-state index in [9.17, 15) is 9.59 Å². The molecule has 0 spiro atoms. The molecule has 0 radical (unpaired) electrons. The quantitative estimate of drug-likeness (QED) is 0.459. The molecule has 25 heavy (non-hydrogen) atoms. The smallest absolute Gasteiger partial charge is 0.303 e. The number of hydrogen-bond acceptors (Lipinski definition) is 2. The fourth-order valence-electron chi connectivity index (χ4n) is 2.88. The fraction of sp³-hybridized carbons (Fsp3) is 0.364. The largest absolute Gasteiger partial charge is 0.481 e. The second kappa shape index (κ2) is 10.4. The van der Waals surface area contributed by atoms with Gasteiger partial charge in [0.15, 0.2) is 5.78 Å². The average molecular weight is 338 g/mol. The van der Waals surface area contributed by atoms with Crippen molar-refractivity contribution in [1.82, 2.24) is 0 Å². The van der Waals surface area contributed by atoms with Crippen LogP contribution in [0.4, 0.5) is 0 Å². The van der Waals surface area contributed by atoms with Crippen LogP contribution >= 0.6 is 0 Å². The maximum absolute atomic E-state index is 12.2. The Hall–Kier alpha value is -2.42. The van der Waals surface area contributed by atoms with Gasteiger partial charge in [-0.1, -0.05) is 61.0 Å². The summed E-state index contributed by atoms with van der Waals surface area (Å²) in [7, 11) is 0. The Morgan fingerprint density at radius 3 is 2.00 bits per heavy atom. The first kappa shape index (κ1) is 18.9. The monoisotopic (exact) mass is 338 g/mol. The number of ketones is 1. The van der Waals surface area contributed by atoms with Crippen LogP contribution in [0.25, 0.3) is 0 Å². The van der Waals surface area contributed by atoms with Crippen molar-refractivity contribution < 1.29 is 14.7 Å². The van der Waals surface area contributed by atoms with Crippen LogP contribution in [0.3, 0.4) is 0 Å². The van der Waals surface area contributed by atoms with Gasteiger partial charge in [-0.2, -0.15) is 0 Å². The molecule has 0 amide bonds. The number of rotatable bonds is 11. The first-order valence-electron chi connectivity index (χ1n) is 9.03. The van der Waals surface area contributed by atoms with Crippen LogP contribution in [0.1, 0.15) is 60.0 Å². The van der Waals surface area contributed by atoms with Crippen LogP contribution in [0.2, 0.25) is 0 Å². The predicted molar refractivity (Wildman–Crippen MR) is 100.0 cm³/mol. The van der Waals surface area contributed by atoms with Gasteiger partial charge < -0.3 is 5.11 Å². The molecule has 3 nitrogen and oxygen atoms in total. The summed E-state index contributed by atoms with van der Waals surface area (Å²) in [6.45, 7) is 0. The minimum Gasteiger partial charge on any atom is -0.481 e. The zero-order valence-electron chi connectivity index (χ0n) is 14.6. The molecule has 2 aromatic carbocycles. The summed E-state index contributed by atoms with van der Waals surface area (Å²) in [6.07, 6.45) is 6.31. The van der Waals surface area contributed by atoms with E-state index in [0.29, 0.717) is 12.8 Å². The van der Waals surface area contributed by atoms with Gasteiger partial charge in [-0.3, -0.25) is 9.59 Å². The lowest BCUT2D eigenvalue weighted by Gasteiger charge is -2.04. The van der Waals surface area contributed by atoms with E-state index in [4.69, 9.17) is 5.11 Å². The molecule has 0 aromatic heterocycles. The molecular weight excluding hydrogens is 312 g/mol. The third-order valence-corrected chi connectivity index (χ3v) is 4.34. The highest BCUT2D eigenvalue weighted by Gasteiger charge is 2.06. The van der Waals surface area contributed by atoms with Gasteiger partial charge in [0.25, 0.3) is 0 Å². The molecule has 0 aliphatic heterocycles. The zero-order valence-corrected chi connectivity index (χ0v) is 14.6. The molecule has 0 aliphatic rings. The van der Waals surface area contributed by atoms with Crippen molar-refractivity contribution in [3.63, 3.8) is 0 Å². The zero-order chi connectivity index (χ0) is 17.9. The van der Waals surface area contributed by atoms with Gasteiger partial charge in [0.1, 0.15) is 0 Å². The molecule has 0 atom stereocenters. The van der Waals surface area contributed by atoms with E-state index < -0.39 is 5.97 Å². The van der Waals surface area contributed by atoms with Crippen LogP contribution in [0, 0.1) is 0 Å². The first-order chi connectivity index (χ1) is 12.1. The Morgan fingerprint density at radius 2 is 1.32 bits per heavy atom. The third kappa shape index (κ3) is 7.34. The van der Waals surface area contributed by atoms with Crippen molar-refractivity contribution in [2.75, 3.05) is 0 Å². The maximum Gasteiger partial charge on any atom is 0.303 e. The van der Waals surface area contributed by atoms with Gasteiger partial charge in [0.2, 0.25) is 0 Å². The van der Waals surface area contributed by atoms with E-state index in [1.807, 2.05) is 30.3 Å². The third-order valence-electron chi connectivity index (χ3n) is 4.34. The molecule has 2 aromatic rings. The van der Waals surface area contributed by atoms with E-state index in [2.05, 4.69) is 24.3 Å². The number of aryl methyl sites for hydroxylation is 2. The van der Waals surface area contributed by atoms with Crippen molar-refractivity contribution in [2.45, 2.75) is 51.4 Å². The van der Waals surface area contributed by atoms with E-state index >= 15 is 0 Å². The predicted octanol–water partition coefficient (Wildman–Crippen LogP) is 5.08. The highest BCUT2D eigenvalue weighted by Crippen LogP contribution is 2.13. The topological polar surface area (TPSA) is 54.4 Å². The van der Waals surface area contributed by atoms with Crippen molar-refractivity contribution >= 4 is 11.8 Å². The number of hydrogen-bond donors (Lipinski definition) is 1. The number of carbonyl (C=O) groups excluding carboxylic acids is 1. The summed E-state index contributed by atoms with van der Waals surface area (Å²) in [6, 6.07) is 18.0. The number of aliphatic carboxylic acids is 1. The molecule has 0 fully saturated rings. The molecule has 2 rings (SSSR count). The molecule has 0 bridgehead atoms. The molecule has 3 heteroatoms. The lowest BCUT2D eigenvalue weighted by Crippen LogP contribution is -2.00. The Bertz CT molecular complexity index is 659. The number of Topliss-reactive ketones (excluding diaryl/α,β-unsaturated/α-hetero) is 1. The summed E-state index contributed by atoms with van der Waals surface area (Å²) in [4.78, 5) is 22.7. The molecule has 0 saturated carbocycles. The Balaban J connectivity index is 1.65. The molecule has 0 heterocycles. The average Bonchev–Trinajstić information content (AvgIpc) is 2.62. The first-order valence-corrected chi connectivity index (χ1v) is 9.03. The molecule has 0 aliphatic carbocycles. The van der Waals surface area contributed by atoms with E-state index in [0.717, 1.165) is 43.2 Å². The van der Waals surface area contributed by atoms with Crippen molar-refractivity contribution in [1.29, 1.82) is 0 Å². The van der Waals surface area contributed by atoms with Crippen molar-refractivity contribution in [3.8, 4) is 0 Å². The van der Waals surface area contributed by atoms with Crippen LogP contribution in [0.5, 0.6) is 0 Å². The summed E-state index contributed by atoms with van der Waals surface area (Å²) in [5.41, 5.74) is 3.19. The summed E-state index contributed by atoms with van der Waals surface area (Å²) < 4.78 is 0. The number of carboxylic acid groups (broad SMARTS) is 1. The molecular formula is C22H26O3. The van der Waals surface area contributed by atoms with E-state index in [1.54, 1.807) is 0 Å². The Kier molecular flexibility index (Phi) is 7.90. The van der Waals surface area contributed by atoms with E-state index in [-0.39, 0.29) is 12.2 Å². The number of unbranched alkanes of at least 4 members (excludes halogenated alkanes) is 2. The lowest BCUT2D eigenvalue weighted by molar-refractivity contribution is -0.137. The molecule has 0 saturated heterocycles. The number of benzene rings is 2. The highest BCUT2D eigenvalue weighted by molar-refractivity contribution is 5.96. The second-order valence-electron chi connectivity index (χ2n) is 6.41. The van der Waals surface area contributed by atoms with Crippen molar-refractivity contribution in [2.24, 2.45) is 0 Å². The van der Waals surface area contributed by atoms with E-state index in [1.165, 1.54) is 5.56 Å².